The van der Waals surface area contributed by atoms with Crippen LogP contribution in [0.4, 0.5) is 5.82 Å². The summed E-state index contributed by atoms with van der Waals surface area (Å²) in [6.45, 7) is 2.30. The number of hydrogen-bond acceptors (Lipinski definition) is 6. The Morgan fingerprint density at radius 1 is 0.971 bits per heavy atom. The van der Waals surface area contributed by atoms with Gasteiger partial charge in [0.1, 0.15) is 18.2 Å². The van der Waals surface area contributed by atoms with Crippen molar-refractivity contribution in [3.63, 3.8) is 0 Å². The zero-order chi connectivity index (χ0) is 24.9. The first-order chi connectivity index (χ1) is 17.0. The predicted molar refractivity (Wildman–Crippen MR) is 132 cm³/mol. The molecule has 0 fully saturated rings. The molecule has 1 amide bonds. The molecule has 35 heavy (non-hydrogen) atoms. The lowest BCUT2D eigenvalue weighted by Gasteiger charge is -2.18. The van der Waals surface area contributed by atoms with Crippen molar-refractivity contribution in [1.29, 1.82) is 0 Å². The molecule has 0 bridgehead atoms. The third-order valence-electron chi connectivity index (χ3n) is 5.72. The molecule has 0 saturated heterocycles. The summed E-state index contributed by atoms with van der Waals surface area (Å²) in [5, 5.41) is 0. The van der Waals surface area contributed by atoms with Crippen LogP contribution in [-0.4, -0.2) is 42.5 Å². The van der Waals surface area contributed by atoms with Gasteiger partial charge < -0.3 is 14.2 Å². The Morgan fingerprint density at radius 3 is 2.29 bits per heavy atom. The third kappa shape index (κ3) is 4.82. The Hall–Kier alpha value is -4.33. The summed E-state index contributed by atoms with van der Waals surface area (Å²) in [6, 6.07) is 17.8. The number of ether oxygens (including phenoxy) is 3. The van der Waals surface area contributed by atoms with Crippen molar-refractivity contribution >= 4 is 23.3 Å². The Morgan fingerprint density at radius 2 is 1.66 bits per heavy atom. The van der Waals surface area contributed by atoms with E-state index in [2.05, 4.69) is 0 Å². The molecule has 0 unspecified atom stereocenters. The summed E-state index contributed by atoms with van der Waals surface area (Å²) >= 11 is 0. The van der Waals surface area contributed by atoms with Crippen molar-refractivity contribution in [2.24, 2.45) is 0 Å². The van der Waals surface area contributed by atoms with Crippen LogP contribution < -0.4 is 14.4 Å². The maximum atomic E-state index is 13.2. The van der Waals surface area contributed by atoms with Crippen molar-refractivity contribution < 1.29 is 23.8 Å². The van der Waals surface area contributed by atoms with Gasteiger partial charge in [-0.05, 0) is 60.5 Å². The van der Waals surface area contributed by atoms with Gasteiger partial charge in [-0.15, -0.1) is 0 Å². The number of aryl methyl sites for hydroxylation is 1. The highest BCUT2D eigenvalue weighted by atomic mass is 16.5. The molecule has 0 aliphatic carbocycles. The van der Waals surface area contributed by atoms with Gasteiger partial charge in [-0.1, -0.05) is 19.1 Å². The zero-order valence-corrected chi connectivity index (χ0v) is 20.1. The van der Waals surface area contributed by atoms with E-state index in [-0.39, 0.29) is 11.9 Å². The molecule has 8 heteroatoms. The third-order valence-corrected chi connectivity index (χ3v) is 5.72. The fourth-order valence-corrected chi connectivity index (χ4v) is 3.82. The zero-order valence-electron chi connectivity index (χ0n) is 20.1. The Kier molecular flexibility index (Phi) is 7.01. The van der Waals surface area contributed by atoms with E-state index >= 15 is 0 Å². The molecule has 0 atom stereocenters. The average molecular weight is 474 g/mol. The highest BCUT2D eigenvalue weighted by Crippen LogP contribution is 2.29. The largest absolute Gasteiger partial charge is 0.497 e. The molecule has 8 nitrogen and oxygen atoms in total. The van der Waals surface area contributed by atoms with E-state index in [4.69, 9.17) is 19.2 Å². The summed E-state index contributed by atoms with van der Waals surface area (Å²) in [4.78, 5) is 31.3. The minimum absolute atomic E-state index is 0.152. The fourth-order valence-electron chi connectivity index (χ4n) is 3.82. The minimum Gasteiger partial charge on any atom is -0.497 e. The highest BCUT2D eigenvalue weighted by Gasteiger charge is 2.22. The molecule has 0 N–H and O–H groups in total. The first kappa shape index (κ1) is 23.8. The molecule has 4 rings (SSSR count). The molecule has 4 aromatic rings. The normalized spacial score (nSPS) is 10.7. The van der Waals surface area contributed by atoms with Gasteiger partial charge in [-0.25, -0.2) is 9.78 Å². The number of carbonyl (C=O) groups excluding carboxylic acids is 2. The van der Waals surface area contributed by atoms with Crippen LogP contribution >= 0.6 is 0 Å². The minimum atomic E-state index is -0.382. The molecule has 0 saturated carbocycles. The number of imidazole rings is 1. The Balaban J connectivity index is 1.60. The number of anilines is 1. The van der Waals surface area contributed by atoms with Crippen molar-refractivity contribution in [2.75, 3.05) is 26.2 Å². The molecule has 180 valence electrons. The van der Waals surface area contributed by atoms with E-state index in [0.717, 1.165) is 11.3 Å². The van der Waals surface area contributed by atoms with Gasteiger partial charge in [0.25, 0.3) is 5.91 Å². The van der Waals surface area contributed by atoms with E-state index in [1.807, 2.05) is 41.8 Å². The quantitative estimate of drug-likeness (QED) is 0.349. The number of pyridine rings is 1. The number of benzene rings is 2. The summed E-state index contributed by atoms with van der Waals surface area (Å²) < 4.78 is 17.9. The number of rotatable bonds is 8. The van der Waals surface area contributed by atoms with Crippen molar-refractivity contribution in [1.82, 2.24) is 9.38 Å². The number of aromatic nitrogens is 2. The lowest BCUT2D eigenvalue weighted by Crippen LogP contribution is -2.28. The van der Waals surface area contributed by atoms with Gasteiger partial charge >= 0.3 is 5.97 Å². The van der Waals surface area contributed by atoms with Gasteiger partial charge in [0.2, 0.25) is 0 Å². The maximum absolute atomic E-state index is 13.2. The molecule has 2 heterocycles. The lowest BCUT2D eigenvalue weighted by molar-refractivity contribution is 0.0600. The Labute approximate surface area is 203 Å². The van der Waals surface area contributed by atoms with Gasteiger partial charge in [0, 0.05) is 18.8 Å². The van der Waals surface area contributed by atoms with E-state index in [0.29, 0.717) is 47.1 Å². The average Bonchev–Trinajstić information content (AvgIpc) is 3.30. The van der Waals surface area contributed by atoms with Crippen LogP contribution in [0.3, 0.4) is 0 Å². The molecule has 2 aromatic heterocycles. The van der Waals surface area contributed by atoms with E-state index in [1.54, 1.807) is 55.5 Å². The number of amides is 1. The number of methoxy groups -OCH3 is 2. The van der Waals surface area contributed by atoms with E-state index in [9.17, 15) is 9.59 Å². The highest BCUT2D eigenvalue weighted by molar-refractivity contribution is 6.06. The molecule has 0 aliphatic heterocycles. The molecule has 0 spiro atoms. The summed E-state index contributed by atoms with van der Waals surface area (Å²) in [5.41, 5.74) is 3.34. The van der Waals surface area contributed by atoms with Crippen LogP contribution in [0.15, 0.2) is 66.9 Å². The SMILES string of the molecule is CCc1nc2c(OCc3ccc(C(=O)OC)cc3)cccn2c1N(C)C(=O)c1ccc(OC)cc1. The van der Waals surface area contributed by atoms with Gasteiger partial charge in [-0.2, -0.15) is 0 Å². The second-order valence-corrected chi connectivity index (χ2v) is 7.87. The second kappa shape index (κ2) is 10.3. The topological polar surface area (TPSA) is 82.4 Å². The molecule has 2 aromatic carbocycles. The number of esters is 1. The maximum Gasteiger partial charge on any atom is 0.337 e. The molecular formula is C27H27N3O5. The Bertz CT molecular complexity index is 1340. The molecule has 0 aliphatic rings. The first-order valence-electron chi connectivity index (χ1n) is 11.2. The summed E-state index contributed by atoms with van der Waals surface area (Å²) in [7, 11) is 4.68. The van der Waals surface area contributed by atoms with Gasteiger partial charge in [0.05, 0.1) is 25.5 Å². The van der Waals surface area contributed by atoms with Gasteiger partial charge in [-0.3, -0.25) is 14.1 Å². The summed E-state index contributed by atoms with van der Waals surface area (Å²) in [6.07, 6.45) is 2.51. The lowest BCUT2D eigenvalue weighted by atomic mass is 10.1. The first-order valence-corrected chi connectivity index (χ1v) is 11.2. The van der Waals surface area contributed by atoms with E-state index < -0.39 is 0 Å². The number of carbonyl (C=O) groups is 2. The van der Waals surface area contributed by atoms with Crippen LogP contribution in [0.25, 0.3) is 5.65 Å². The second-order valence-electron chi connectivity index (χ2n) is 7.87. The predicted octanol–water partition coefficient (Wildman–Crippen LogP) is 4.55. The number of fused-ring (bicyclic) bond motifs is 1. The van der Waals surface area contributed by atoms with Crippen molar-refractivity contribution in [3.05, 3.63) is 89.2 Å². The monoisotopic (exact) mass is 473 g/mol. The van der Waals surface area contributed by atoms with Crippen LogP contribution in [-0.2, 0) is 17.8 Å². The van der Waals surface area contributed by atoms with Crippen molar-refractivity contribution in [2.45, 2.75) is 20.0 Å². The van der Waals surface area contributed by atoms with Gasteiger partial charge in [0.15, 0.2) is 11.4 Å². The van der Waals surface area contributed by atoms with Crippen LogP contribution in [0, 0.1) is 0 Å². The molecule has 0 radical (unpaired) electrons. The number of nitrogens with zero attached hydrogens (tertiary/aromatic N) is 3. The summed E-state index contributed by atoms with van der Waals surface area (Å²) in [5.74, 6) is 1.44. The standard InChI is InChI=1S/C27H27N3O5/c1-5-22-25(29(2)26(31)19-12-14-21(33-3)15-13-19)30-16-6-7-23(24(30)28-22)35-17-18-8-10-20(11-9-18)27(32)34-4/h6-16H,5,17H2,1-4H3. The number of hydrogen-bond donors (Lipinski definition) is 0. The van der Waals surface area contributed by atoms with Crippen molar-refractivity contribution in [3.8, 4) is 11.5 Å². The fraction of sp³-hybridized carbons (Fsp3) is 0.222. The smallest absolute Gasteiger partial charge is 0.337 e. The molecular weight excluding hydrogens is 446 g/mol. The van der Waals surface area contributed by atoms with Crippen LogP contribution in [0.1, 0.15) is 38.9 Å². The van der Waals surface area contributed by atoms with Crippen LogP contribution in [0.2, 0.25) is 0 Å². The van der Waals surface area contributed by atoms with Crippen LogP contribution in [0.5, 0.6) is 11.5 Å². The van der Waals surface area contributed by atoms with E-state index in [1.165, 1.54) is 7.11 Å².